The zero-order valence-corrected chi connectivity index (χ0v) is 16.9. The average Bonchev–Trinajstić information content (AvgIpc) is 3.17. The summed E-state index contributed by atoms with van der Waals surface area (Å²) >= 11 is 0. The standard InChI is InChI=1S/C21H35N5O/c1-3-22-21(23-12-16-25-13-7-4-8-14-25)24-18-11-15-26(17-18)19-9-5-6-10-20(19)27-2/h5-6,9-10,18H,3-4,7-8,11-17H2,1-2H3,(H2,22,23,24). The molecule has 0 aliphatic carbocycles. The number of nitrogens with zero attached hydrogens (tertiary/aromatic N) is 3. The molecule has 1 atom stereocenters. The van der Waals surface area contributed by atoms with Crippen LogP contribution in [0.25, 0.3) is 0 Å². The van der Waals surface area contributed by atoms with Gasteiger partial charge in [0.25, 0.3) is 0 Å². The smallest absolute Gasteiger partial charge is 0.191 e. The number of methoxy groups -OCH3 is 1. The summed E-state index contributed by atoms with van der Waals surface area (Å²) in [6.45, 7) is 9.40. The van der Waals surface area contributed by atoms with Crippen LogP contribution in [0.1, 0.15) is 32.6 Å². The first kappa shape index (κ1) is 19.8. The SMILES string of the molecule is CCNC(=NCCN1CCCCC1)NC1CCN(c2ccccc2OC)C1. The predicted molar refractivity (Wildman–Crippen MR) is 113 cm³/mol. The molecule has 1 unspecified atom stereocenters. The Hall–Kier alpha value is -1.95. The molecule has 2 aliphatic rings. The molecule has 0 saturated carbocycles. The van der Waals surface area contributed by atoms with Crippen LogP contribution in [-0.4, -0.2) is 69.8 Å². The number of guanidine groups is 1. The first-order chi connectivity index (χ1) is 13.3. The van der Waals surface area contributed by atoms with Crippen LogP contribution in [0.15, 0.2) is 29.3 Å². The Bertz CT molecular complexity index is 600. The van der Waals surface area contributed by atoms with Gasteiger partial charge in [-0.25, -0.2) is 0 Å². The lowest BCUT2D eigenvalue weighted by molar-refractivity contribution is 0.235. The molecule has 2 fully saturated rings. The number of anilines is 1. The maximum Gasteiger partial charge on any atom is 0.191 e. The predicted octanol–water partition coefficient (Wildman–Crippen LogP) is 2.31. The molecule has 1 aromatic carbocycles. The molecule has 2 heterocycles. The number of aliphatic imine (C=N–C) groups is 1. The molecule has 6 nitrogen and oxygen atoms in total. The number of para-hydroxylation sites is 2. The van der Waals surface area contributed by atoms with Crippen molar-refractivity contribution >= 4 is 11.6 Å². The van der Waals surface area contributed by atoms with Crippen molar-refractivity contribution in [3.63, 3.8) is 0 Å². The lowest BCUT2D eigenvalue weighted by atomic mass is 10.1. The molecule has 2 saturated heterocycles. The van der Waals surface area contributed by atoms with E-state index < -0.39 is 0 Å². The normalized spacial score (nSPS) is 21.3. The van der Waals surface area contributed by atoms with Crippen LogP contribution >= 0.6 is 0 Å². The number of ether oxygens (including phenoxy) is 1. The second-order valence-electron chi connectivity index (χ2n) is 7.41. The molecule has 1 aromatic rings. The summed E-state index contributed by atoms with van der Waals surface area (Å²) in [6.07, 6.45) is 5.16. The number of benzene rings is 1. The number of piperidine rings is 1. The van der Waals surface area contributed by atoms with E-state index in [1.165, 1.54) is 38.0 Å². The van der Waals surface area contributed by atoms with Gasteiger partial charge in [0, 0.05) is 32.2 Å². The van der Waals surface area contributed by atoms with Crippen LogP contribution < -0.4 is 20.3 Å². The molecule has 0 amide bonds. The highest BCUT2D eigenvalue weighted by Gasteiger charge is 2.25. The van der Waals surface area contributed by atoms with E-state index in [2.05, 4.69) is 39.5 Å². The first-order valence-electron chi connectivity index (χ1n) is 10.5. The molecule has 0 spiro atoms. The summed E-state index contributed by atoms with van der Waals surface area (Å²) in [5.74, 6) is 1.89. The van der Waals surface area contributed by atoms with Gasteiger partial charge in [0.15, 0.2) is 5.96 Å². The van der Waals surface area contributed by atoms with Gasteiger partial charge in [-0.05, 0) is 51.4 Å². The maximum absolute atomic E-state index is 5.52. The summed E-state index contributed by atoms with van der Waals surface area (Å²) in [6, 6.07) is 8.67. The van der Waals surface area contributed by atoms with Gasteiger partial charge in [0.05, 0.1) is 19.3 Å². The fourth-order valence-electron chi connectivity index (χ4n) is 3.99. The van der Waals surface area contributed by atoms with Gasteiger partial charge in [0.1, 0.15) is 5.75 Å². The lowest BCUT2D eigenvalue weighted by Crippen LogP contribution is -2.45. The first-order valence-corrected chi connectivity index (χ1v) is 10.5. The van der Waals surface area contributed by atoms with Crippen molar-refractivity contribution in [2.24, 2.45) is 4.99 Å². The van der Waals surface area contributed by atoms with Crippen molar-refractivity contribution in [1.29, 1.82) is 0 Å². The van der Waals surface area contributed by atoms with Crippen LogP contribution in [0.4, 0.5) is 5.69 Å². The Morgan fingerprint density at radius 2 is 2.00 bits per heavy atom. The van der Waals surface area contributed by atoms with Crippen molar-refractivity contribution in [2.45, 2.75) is 38.6 Å². The molecule has 3 rings (SSSR count). The zero-order valence-electron chi connectivity index (χ0n) is 16.9. The van der Waals surface area contributed by atoms with Crippen LogP contribution in [0.3, 0.4) is 0 Å². The van der Waals surface area contributed by atoms with E-state index in [1.54, 1.807) is 7.11 Å². The third-order valence-corrected chi connectivity index (χ3v) is 5.43. The highest BCUT2D eigenvalue weighted by molar-refractivity contribution is 5.80. The Labute approximate surface area is 164 Å². The van der Waals surface area contributed by atoms with E-state index in [9.17, 15) is 0 Å². The monoisotopic (exact) mass is 373 g/mol. The van der Waals surface area contributed by atoms with Crippen LogP contribution in [0.5, 0.6) is 5.75 Å². The van der Waals surface area contributed by atoms with Crippen LogP contribution in [0, 0.1) is 0 Å². The van der Waals surface area contributed by atoms with Gasteiger partial charge in [-0.1, -0.05) is 18.6 Å². The lowest BCUT2D eigenvalue weighted by Gasteiger charge is -2.26. The van der Waals surface area contributed by atoms with E-state index in [4.69, 9.17) is 9.73 Å². The Balaban J connectivity index is 1.51. The number of hydrogen-bond acceptors (Lipinski definition) is 4. The third-order valence-electron chi connectivity index (χ3n) is 5.43. The molecule has 0 bridgehead atoms. The van der Waals surface area contributed by atoms with Crippen molar-refractivity contribution in [1.82, 2.24) is 15.5 Å². The number of rotatable bonds is 7. The molecular weight excluding hydrogens is 338 g/mol. The minimum atomic E-state index is 0.405. The van der Waals surface area contributed by atoms with Gasteiger partial charge in [-0.3, -0.25) is 4.99 Å². The summed E-state index contributed by atoms with van der Waals surface area (Å²) in [5, 5.41) is 7.03. The molecule has 0 radical (unpaired) electrons. The molecule has 150 valence electrons. The average molecular weight is 374 g/mol. The largest absolute Gasteiger partial charge is 0.495 e. The van der Waals surface area contributed by atoms with Gasteiger partial charge >= 0.3 is 0 Å². The second-order valence-corrected chi connectivity index (χ2v) is 7.41. The van der Waals surface area contributed by atoms with Gasteiger partial charge in [0.2, 0.25) is 0 Å². The third kappa shape index (κ3) is 5.76. The van der Waals surface area contributed by atoms with Crippen LogP contribution in [-0.2, 0) is 0 Å². The van der Waals surface area contributed by atoms with Crippen LogP contribution in [0.2, 0.25) is 0 Å². The van der Waals surface area contributed by atoms with Gasteiger partial charge in [-0.2, -0.15) is 0 Å². The van der Waals surface area contributed by atoms with E-state index in [0.717, 1.165) is 50.9 Å². The van der Waals surface area contributed by atoms with E-state index in [-0.39, 0.29) is 0 Å². The fraction of sp³-hybridized carbons (Fsp3) is 0.667. The number of nitrogens with one attached hydrogen (secondary N) is 2. The quantitative estimate of drug-likeness (QED) is 0.567. The number of hydrogen-bond donors (Lipinski definition) is 2. The highest BCUT2D eigenvalue weighted by atomic mass is 16.5. The van der Waals surface area contributed by atoms with Crippen molar-refractivity contribution in [2.75, 3.05) is 57.8 Å². The summed E-state index contributed by atoms with van der Waals surface area (Å²) < 4.78 is 5.52. The Morgan fingerprint density at radius 1 is 1.19 bits per heavy atom. The van der Waals surface area contributed by atoms with E-state index in [0.29, 0.717) is 6.04 Å². The minimum absolute atomic E-state index is 0.405. The van der Waals surface area contributed by atoms with E-state index >= 15 is 0 Å². The van der Waals surface area contributed by atoms with Crippen molar-refractivity contribution in [3.8, 4) is 5.75 Å². The topological polar surface area (TPSA) is 52.1 Å². The number of likely N-dealkylation sites (tertiary alicyclic amines) is 1. The summed E-state index contributed by atoms with van der Waals surface area (Å²) in [5.41, 5.74) is 1.18. The Kier molecular flexibility index (Phi) is 7.63. The molecule has 6 heteroatoms. The minimum Gasteiger partial charge on any atom is -0.495 e. The summed E-state index contributed by atoms with van der Waals surface area (Å²) in [4.78, 5) is 9.75. The van der Waals surface area contributed by atoms with Gasteiger partial charge in [-0.15, -0.1) is 0 Å². The van der Waals surface area contributed by atoms with Crippen molar-refractivity contribution in [3.05, 3.63) is 24.3 Å². The van der Waals surface area contributed by atoms with Gasteiger partial charge < -0.3 is 25.2 Å². The molecule has 2 aliphatic heterocycles. The summed E-state index contributed by atoms with van der Waals surface area (Å²) in [7, 11) is 1.74. The second kappa shape index (κ2) is 10.4. The highest BCUT2D eigenvalue weighted by Crippen LogP contribution is 2.30. The van der Waals surface area contributed by atoms with Crippen molar-refractivity contribution < 1.29 is 4.74 Å². The molecule has 2 N–H and O–H groups in total. The maximum atomic E-state index is 5.52. The van der Waals surface area contributed by atoms with E-state index in [1.807, 2.05) is 12.1 Å². The molecular formula is C21H35N5O. The zero-order chi connectivity index (χ0) is 18.9. The fourth-order valence-corrected chi connectivity index (χ4v) is 3.99. The molecule has 0 aromatic heterocycles. The Morgan fingerprint density at radius 3 is 2.78 bits per heavy atom. The molecule has 27 heavy (non-hydrogen) atoms.